The van der Waals surface area contributed by atoms with E-state index in [4.69, 9.17) is 16.1 Å². The van der Waals surface area contributed by atoms with Crippen LogP contribution in [0.1, 0.15) is 29.5 Å². The van der Waals surface area contributed by atoms with Gasteiger partial charge in [0.05, 0.1) is 16.4 Å². The molecule has 0 saturated carbocycles. The van der Waals surface area contributed by atoms with Crippen molar-refractivity contribution in [3.05, 3.63) is 41.8 Å². The van der Waals surface area contributed by atoms with Crippen LogP contribution >= 0.6 is 11.6 Å². The van der Waals surface area contributed by atoms with Crippen LogP contribution in [0, 0.1) is 6.92 Å². The Labute approximate surface area is 121 Å². The summed E-state index contributed by atoms with van der Waals surface area (Å²) in [7, 11) is 0. The number of imidazole rings is 1. The summed E-state index contributed by atoms with van der Waals surface area (Å²) in [5.41, 5.74) is 3.25. The van der Waals surface area contributed by atoms with Crippen molar-refractivity contribution in [2.45, 2.75) is 32.2 Å². The lowest BCUT2D eigenvalue weighted by Gasteiger charge is -2.09. The van der Waals surface area contributed by atoms with Crippen molar-refractivity contribution in [3.8, 4) is 0 Å². The fourth-order valence-electron chi connectivity index (χ4n) is 2.36. The predicted molar refractivity (Wildman–Crippen MR) is 76.7 cm³/mol. The smallest absolute Gasteiger partial charge is 0.213 e. The highest BCUT2D eigenvalue weighted by Crippen LogP contribution is 2.26. The second-order valence-electron chi connectivity index (χ2n) is 4.78. The lowest BCUT2D eigenvalue weighted by molar-refractivity contribution is 0.408. The minimum Gasteiger partial charge on any atom is -0.343 e. The van der Waals surface area contributed by atoms with Crippen LogP contribution in [0.3, 0.4) is 0 Å². The van der Waals surface area contributed by atoms with Gasteiger partial charge in [-0.2, -0.15) is 4.98 Å². The Balaban J connectivity index is 2.02. The van der Waals surface area contributed by atoms with Crippen LogP contribution in [0.4, 0.5) is 0 Å². The molecule has 0 amide bonds. The number of nitrogens with zero attached hydrogens (tertiary/aromatic N) is 4. The first-order valence-corrected chi connectivity index (χ1v) is 6.95. The zero-order chi connectivity index (χ0) is 14.1. The molecule has 3 aromatic rings. The van der Waals surface area contributed by atoms with Crippen LogP contribution in [-0.4, -0.2) is 19.7 Å². The van der Waals surface area contributed by atoms with Crippen molar-refractivity contribution < 1.29 is 4.52 Å². The first-order valence-electron chi connectivity index (χ1n) is 6.52. The topological polar surface area (TPSA) is 56.7 Å². The van der Waals surface area contributed by atoms with E-state index in [9.17, 15) is 0 Å². The third-order valence-corrected chi connectivity index (χ3v) is 3.53. The average Bonchev–Trinajstić information content (AvgIpc) is 3.03. The number of hydrogen-bond donors (Lipinski definition) is 0. The highest BCUT2D eigenvalue weighted by atomic mass is 35.5. The zero-order valence-electron chi connectivity index (χ0n) is 11.4. The van der Waals surface area contributed by atoms with E-state index in [-0.39, 0.29) is 5.38 Å². The summed E-state index contributed by atoms with van der Waals surface area (Å²) in [6.07, 6.45) is 2.03. The second-order valence-corrected chi connectivity index (χ2v) is 5.43. The molecule has 0 saturated heterocycles. The molecule has 5 nitrogen and oxygen atoms in total. The molecule has 1 atom stereocenters. The largest absolute Gasteiger partial charge is 0.343 e. The molecule has 0 aliphatic carbocycles. The summed E-state index contributed by atoms with van der Waals surface area (Å²) >= 11 is 6.26. The van der Waals surface area contributed by atoms with Crippen LogP contribution in [0.5, 0.6) is 0 Å². The number of para-hydroxylation sites is 1. The van der Waals surface area contributed by atoms with Crippen molar-refractivity contribution >= 4 is 22.6 Å². The van der Waals surface area contributed by atoms with Crippen LogP contribution in [0.25, 0.3) is 11.0 Å². The van der Waals surface area contributed by atoms with Gasteiger partial charge in [-0.15, -0.1) is 11.6 Å². The van der Waals surface area contributed by atoms with Gasteiger partial charge in [-0.3, -0.25) is 0 Å². The normalized spacial score (nSPS) is 12.9. The van der Waals surface area contributed by atoms with Crippen LogP contribution in [0.15, 0.2) is 29.1 Å². The van der Waals surface area contributed by atoms with Gasteiger partial charge in [0, 0.05) is 13.0 Å². The quantitative estimate of drug-likeness (QED) is 0.692. The standard InChI is InChI=1S/C14H15ClN4O/c1-9-4-3-5-11-13(9)17-14(10(2)15)19(11)7-6-12-16-8-20-18-12/h3-5,8,10H,6-7H2,1-2H3. The predicted octanol–water partition coefficient (Wildman–Crippen LogP) is 3.27. The molecule has 0 spiro atoms. The zero-order valence-corrected chi connectivity index (χ0v) is 12.1. The maximum absolute atomic E-state index is 6.26. The van der Waals surface area contributed by atoms with Gasteiger partial charge >= 0.3 is 0 Å². The van der Waals surface area contributed by atoms with Gasteiger partial charge in [0.15, 0.2) is 5.82 Å². The van der Waals surface area contributed by atoms with Gasteiger partial charge in [0.2, 0.25) is 6.39 Å². The number of halogens is 1. The Kier molecular flexibility index (Phi) is 3.44. The first kappa shape index (κ1) is 13.1. The van der Waals surface area contributed by atoms with E-state index in [1.807, 2.05) is 13.0 Å². The van der Waals surface area contributed by atoms with E-state index in [0.29, 0.717) is 12.2 Å². The number of hydrogen-bond acceptors (Lipinski definition) is 4. The Bertz CT molecular complexity index is 718. The van der Waals surface area contributed by atoms with Crippen molar-refractivity contribution in [3.63, 3.8) is 0 Å². The summed E-state index contributed by atoms with van der Waals surface area (Å²) in [5.74, 6) is 1.56. The summed E-state index contributed by atoms with van der Waals surface area (Å²) in [5, 5.41) is 3.69. The maximum atomic E-state index is 6.26. The maximum Gasteiger partial charge on any atom is 0.213 e. The Morgan fingerprint density at radius 1 is 1.40 bits per heavy atom. The highest BCUT2D eigenvalue weighted by molar-refractivity contribution is 6.20. The molecule has 0 radical (unpaired) electrons. The molecule has 0 N–H and O–H groups in total. The van der Waals surface area contributed by atoms with Crippen molar-refractivity contribution in [1.29, 1.82) is 0 Å². The van der Waals surface area contributed by atoms with E-state index in [1.54, 1.807) is 0 Å². The Hall–Kier alpha value is -1.88. The number of alkyl halides is 1. The van der Waals surface area contributed by atoms with E-state index in [0.717, 1.165) is 29.0 Å². The van der Waals surface area contributed by atoms with Gasteiger partial charge in [0.1, 0.15) is 5.82 Å². The molecular formula is C14H15ClN4O. The van der Waals surface area contributed by atoms with Gasteiger partial charge in [-0.1, -0.05) is 17.3 Å². The fourth-order valence-corrected chi connectivity index (χ4v) is 2.52. The SMILES string of the molecule is Cc1cccc2c1nc(C(C)Cl)n2CCc1ncon1. The number of fused-ring (bicyclic) bond motifs is 1. The molecule has 0 aliphatic rings. The highest BCUT2D eigenvalue weighted by Gasteiger charge is 2.16. The number of aromatic nitrogens is 4. The van der Waals surface area contributed by atoms with E-state index >= 15 is 0 Å². The van der Waals surface area contributed by atoms with Crippen LogP contribution < -0.4 is 0 Å². The van der Waals surface area contributed by atoms with E-state index < -0.39 is 0 Å². The van der Waals surface area contributed by atoms with Gasteiger partial charge < -0.3 is 9.09 Å². The van der Waals surface area contributed by atoms with Gasteiger partial charge in [0.25, 0.3) is 0 Å². The minimum atomic E-state index is -0.146. The molecule has 104 valence electrons. The summed E-state index contributed by atoms with van der Waals surface area (Å²) in [4.78, 5) is 8.72. The van der Waals surface area contributed by atoms with E-state index in [2.05, 4.69) is 38.7 Å². The average molecular weight is 291 g/mol. The van der Waals surface area contributed by atoms with Crippen molar-refractivity contribution in [1.82, 2.24) is 19.7 Å². The Morgan fingerprint density at radius 3 is 2.95 bits per heavy atom. The lowest BCUT2D eigenvalue weighted by Crippen LogP contribution is -2.07. The molecule has 20 heavy (non-hydrogen) atoms. The molecule has 1 unspecified atom stereocenters. The molecule has 0 fully saturated rings. The van der Waals surface area contributed by atoms with Crippen molar-refractivity contribution in [2.75, 3.05) is 0 Å². The fraction of sp³-hybridized carbons (Fsp3) is 0.357. The molecular weight excluding hydrogens is 276 g/mol. The number of benzene rings is 1. The molecule has 0 aliphatic heterocycles. The molecule has 0 bridgehead atoms. The van der Waals surface area contributed by atoms with Crippen molar-refractivity contribution in [2.24, 2.45) is 0 Å². The number of aryl methyl sites for hydroxylation is 3. The molecule has 2 aromatic heterocycles. The monoisotopic (exact) mass is 290 g/mol. The Morgan fingerprint density at radius 2 is 2.25 bits per heavy atom. The van der Waals surface area contributed by atoms with Gasteiger partial charge in [-0.25, -0.2) is 4.98 Å². The molecule has 6 heteroatoms. The van der Waals surface area contributed by atoms with Crippen LogP contribution in [0.2, 0.25) is 0 Å². The molecule has 3 rings (SSSR count). The summed E-state index contributed by atoms with van der Waals surface area (Å²) < 4.78 is 6.89. The third-order valence-electron chi connectivity index (χ3n) is 3.33. The summed E-state index contributed by atoms with van der Waals surface area (Å²) in [6, 6.07) is 6.16. The lowest BCUT2D eigenvalue weighted by atomic mass is 10.2. The molecule has 2 heterocycles. The first-order chi connectivity index (χ1) is 9.66. The van der Waals surface area contributed by atoms with E-state index in [1.165, 1.54) is 6.39 Å². The van der Waals surface area contributed by atoms with Crippen LogP contribution in [-0.2, 0) is 13.0 Å². The second kappa shape index (κ2) is 5.25. The van der Waals surface area contributed by atoms with Gasteiger partial charge in [-0.05, 0) is 25.5 Å². The molecule has 1 aromatic carbocycles. The summed E-state index contributed by atoms with van der Waals surface area (Å²) in [6.45, 7) is 4.72. The number of rotatable bonds is 4. The minimum absolute atomic E-state index is 0.146. The third kappa shape index (κ3) is 2.29.